The van der Waals surface area contributed by atoms with E-state index in [2.05, 4.69) is 15.5 Å². The first-order valence-corrected chi connectivity index (χ1v) is 9.23. The van der Waals surface area contributed by atoms with Gasteiger partial charge in [0.05, 0.1) is 15.5 Å². The molecule has 9 nitrogen and oxygen atoms in total. The first-order chi connectivity index (χ1) is 11.8. The fraction of sp³-hybridized carbons (Fsp3) is 0.429. The second kappa shape index (κ2) is 7.89. The highest BCUT2D eigenvalue weighted by molar-refractivity contribution is 7.89. The van der Waals surface area contributed by atoms with Gasteiger partial charge in [0.2, 0.25) is 10.0 Å². The molecular formula is C14H18ClN5O4S. The lowest BCUT2D eigenvalue weighted by atomic mass is 10.2. The van der Waals surface area contributed by atoms with Gasteiger partial charge in [-0.05, 0) is 35.0 Å². The minimum atomic E-state index is -3.69. The lowest BCUT2D eigenvalue weighted by Crippen LogP contribution is -2.22. The number of nitrogens with zero attached hydrogens (tertiary/aromatic N) is 5. The third-order valence-electron chi connectivity index (χ3n) is 3.31. The number of aryl methyl sites for hydroxylation is 1. The van der Waals surface area contributed by atoms with Crippen LogP contribution in [0.1, 0.15) is 29.5 Å². The first-order valence-electron chi connectivity index (χ1n) is 7.41. The van der Waals surface area contributed by atoms with Crippen molar-refractivity contribution in [1.82, 2.24) is 24.5 Å². The van der Waals surface area contributed by atoms with Gasteiger partial charge in [-0.1, -0.05) is 18.5 Å². The van der Waals surface area contributed by atoms with E-state index >= 15 is 0 Å². The number of tetrazole rings is 1. The maximum Gasteiger partial charge on any atom is 0.340 e. The summed E-state index contributed by atoms with van der Waals surface area (Å²) in [4.78, 5) is 12.2. The molecular weight excluding hydrogens is 370 g/mol. The normalized spacial score (nSPS) is 11.7. The van der Waals surface area contributed by atoms with Crippen molar-refractivity contribution in [1.29, 1.82) is 0 Å². The van der Waals surface area contributed by atoms with Crippen molar-refractivity contribution in [2.75, 3.05) is 14.1 Å². The fourth-order valence-corrected chi connectivity index (χ4v) is 3.08. The van der Waals surface area contributed by atoms with Crippen LogP contribution in [0.25, 0.3) is 0 Å². The molecule has 0 radical (unpaired) electrons. The Morgan fingerprint density at radius 3 is 2.72 bits per heavy atom. The van der Waals surface area contributed by atoms with Gasteiger partial charge in [0, 0.05) is 20.6 Å². The molecule has 1 aromatic heterocycles. The Balaban J connectivity index is 2.20. The summed E-state index contributed by atoms with van der Waals surface area (Å²) in [5, 5.41) is 11.2. The number of halogens is 1. The molecule has 0 amide bonds. The van der Waals surface area contributed by atoms with E-state index in [0.717, 1.165) is 10.7 Å². The van der Waals surface area contributed by atoms with Gasteiger partial charge in [-0.2, -0.15) is 0 Å². The molecule has 0 aliphatic rings. The topological polar surface area (TPSA) is 107 Å². The molecule has 25 heavy (non-hydrogen) atoms. The van der Waals surface area contributed by atoms with E-state index in [9.17, 15) is 13.2 Å². The molecule has 0 bridgehead atoms. The largest absolute Gasteiger partial charge is 0.454 e. The van der Waals surface area contributed by atoms with Crippen LogP contribution in [-0.2, 0) is 27.9 Å². The molecule has 1 aromatic carbocycles. The summed E-state index contributed by atoms with van der Waals surface area (Å²) in [6.07, 6.45) is 0.822. The molecule has 0 saturated heterocycles. The molecule has 0 atom stereocenters. The molecule has 0 unspecified atom stereocenters. The Morgan fingerprint density at radius 2 is 2.08 bits per heavy atom. The van der Waals surface area contributed by atoms with Crippen LogP contribution in [0.15, 0.2) is 23.1 Å². The van der Waals surface area contributed by atoms with Gasteiger partial charge >= 0.3 is 5.97 Å². The van der Waals surface area contributed by atoms with Crippen LogP contribution in [0.3, 0.4) is 0 Å². The van der Waals surface area contributed by atoms with Gasteiger partial charge in [0.1, 0.15) is 0 Å². The third-order valence-corrected chi connectivity index (χ3v) is 5.45. The van der Waals surface area contributed by atoms with Crippen LogP contribution in [0.5, 0.6) is 0 Å². The van der Waals surface area contributed by atoms with Crippen molar-refractivity contribution >= 4 is 27.6 Å². The smallest absolute Gasteiger partial charge is 0.340 e. The van der Waals surface area contributed by atoms with E-state index in [0.29, 0.717) is 12.4 Å². The lowest BCUT2D eigenvalue weighted by molar-refractivity contribution is 0.0456. The van der Waals surface area contributed by atoms with Crippen LogP contribution in [-0.4, -0.2) is 53.0 Å². The number of carbonyl (C=O) groups excluding carboxylic acids is 1. The third kappa shape index (κ3) is 4.33. The van der Waals surface area contributed by atoms with Crippen LogP contribution in [0.4, 0.5) is 0 Å². The zero-order valence-electron chi connectivity index (χ0n) is 14.0. The number of ether oxygens (including phenoxy) is 1. The number of sulfonamides is 1. The summed E-state index contributed by atoms with van der Waals surface area (Å²) in [6, 6.07) is 3.86. The zero-order chi connectivity index (χ0) is 18.6. The molecule has 0 fully saturated rings. The number of rotatable bonds is 7. The molecule has 2 aromatic rings. The van der Waals surface area contributed by atoms with E-state index < -0.39 is 16.0 Å². The van der Waals surface area contributed by atoms with Crippen molar-refractivity contribution in [2.24, 2.45) is 0 Å². The standard InChI is InChI=1S/C14H18ClN5O4S/c1-4-7-20-13(16-17-18-20)9-24-14(21)11-8-10(5-6-12(11)15)25(22,23)19(2)3/h5-6,8H,4,7,9H2,1-3H3. The van der Waals surface area contributed by atoms with Crippen molar-refractivity contribution in [2.45, 2.75) is 31.4 Å². The monoisotopic (exact) mass is 387 g/mol. The molecule has 0 aliphatic heterocycles. The van der Waals surface area contributed by atoms with Gasteiger partial charge in [-0.3, -0.25) is 0 Å². The quantitative estimate of drug-likeness (QED) is 0.659. The van der Waals surface area contributed by atoms with Gasteiger partial charge in [0.15, 0.2) is 12.4 Å². The molecule has 2 rings (SSSR count). The van der Waals surface area contributed by atoms with Gasteiger partial charge in [-0.25, -0.2) is 22.2 Å². The van der Waals surface area contributed by atoms with E-state index in [-0.39, 0.29) is 22.1 Å². The van der Waals surface area contributed by atoms with Crippen molar-refractivity contribution < 1.29 is 17.9 Å². The van der Waals surface area contributed by atoms with Gasteiger partial charge in [-0.15, -0.1) is 5.10 Å². The highest BCUT2D eigenvalue weighted by Crippen LogP contribution is 2.23. The van der Waals surface area contributed by atoms with E-state index in [1.807, 2.05) is 6.92 Å². The number of hydrogen-bond acceptors (Lipinski definition) is 7. The summed E-state index contributed by atoms with van der Waals surface area (Å²) >= 11 is 6.01. The Bertz CT molecular complexity index is 866. The Kier molecular flexibility index (Phi) is 6.09. The minimum absolute atomic E-state index is 0.0425. The van der Waals surface area contributed by atoms with Crippen LogP contribution >= 0.6 is 11.6 Å². The Labute approximate surface area is 150 Å². The molecule has 0 spiro atoms. The van der Waals surface area contributed by atoms with Gasteiger partial charge < -0.3 is 4.74 Å². The maximum absolute atomic E-state index is 12.3. The molecule has 0 N–H and O–H groups in total. The number of hydrogen-bond donors (Lipinski definition) is 0. The number of carbonyl (C=O) groups is 1. The van der Waals surface area contributed by atoms with E-state index in [4.69, 9.17) is 16.3 Å². The van der Waals surface area contributed by atoms with Crippen molar-refractivity contribution in [3.05, 3.63) is 34.6 Å². The molecule has 0 aliphatic carbocycles. The second-order valence-corrected chi connectivity index (χ2v) is 7.88. The first kappa shape index (κ1) is 19.3. The average Bonchev–Trinajstić information content (AvgIpc) is 3.00. The van der Waals surface area contributed by atoms with Crippen molar-refractivity contribution in [3.8, 4) is 0 Å². The zero-order valence-corrected chi connectivity index (χ0v) is 15.6. The molecule has 11 heteroatoms. The average molecular weight is 388 g/mol. The highest BCUT2D eigenvalue weighted by Gasteiger charge is 2.22. The van der Waals surface area contributed by atoms with E-state index in [1.54, 1.807) is 0 Å². The predicted octanol–water partition coefficient (Wildman–Crippen LogP) is 1.34. The summed E-state index contributed by atoms with van der Waals surface area (Å²) in [7, 11) is -0.895. The highest BCUT2D eigenvalue weighted by atomic mass is 35.5. The van der Waals surface area contributed by atoms with Crippen LogP contribution in [0, 0.1) is 0 Å². The summed E-state index contributed by atoms with van der Waals surface area (Å²) in [5.74, 6) is -0.366. The Hall–Kier alpha value is -2.04. The summed E-state index contributed by atoms with van der Waals surface area (Å²) in [6.45, 7) is 2.41. The second-order valence-electron chi connectivity index (χ2n) is 5.32. The lowest BCUT2D eigenvalue weighted by Gasteiger charge is -2.13. The predicted molar refractivity (Wildman–Crippen MR) is 89.6 cm³/mol. The van der Waals surface area contributed by atoms with E-state index in [1.165, 1.54) is 37.0 Å². The fourth-order valence-electron chi connectivity index (χ4n) is 1.95. The molecule has 136 valence electrons. The summed E-state index contributed by atoms with van der Waals surface area (Å²) < 4.78 is 32.1. The molecule has 0 saturated carbocycles. The number of benzene rings is 1. The number of esters is 1. The van der Waals surface area contributed by atoms with Crippen molar-refractivity contribution in [3.63, 3.8) is 0 Å². The van der Waals surface area contributed by atoms with Crippen LogP contribution < -0.4 is 0 Å². The maximum atomic E-state index is 12.3. The Morgan fingerprint density at radius 1 is 1.36 bits per heavy atom. The van der Waals surface area contributed by atoms with Crippen LogP contribution in [0.2, 0.25) is 5.02 Å². The van der Waals surface area contributed by atoms with Gasteiger partial charge in [0.25, 0.3) is 0 Å². The molecule has 1 heterocycles. The summed E-state index contributed by atoms with van der Waals surface area (Å²) in [5.41, 5.74) is -0.0425. The number of aromatic nitrogens is 4. The minimum Gasteiger partial charge on any atom is -0.454 e. The SMILES string of the molecule is CCCn1nnnc1COC(=O)c1cc(S(=O)(=O)N(C)C)ccc1Cl.